The standard InChI is InChI=1S/C46H49N3/c1-7-34(26-46(6)32(4)25-40-38-18-13-14-20-41(38)47-45(40)46)42-24-22-36(35-15-9-8-10-16-35)29-48(42)28-31(3)44-33(5)37-17-11-12-19-39(37)43-23-21-30(2)27-49(43)44/h8-9,11-15,17-27,29,33,40,44-45,47H,3,7,10,16,28H2,1-2,4-6H3/q+2/b34-26+/t33?,40?,44?,45?,46-/m1/s1. The van der Waals surface area contributed by atoms with Gasteiger partial charge in [-0.15, -0.1) is 0 Å². The summed E-state index contributed by atoms with van der Waals surface area (Å²) in [5, 5.41) is 3.93. The second kappa shape index (κ2) is 12.3. The summed E-state index contributed by atoms with van der Waals surface area (Å²) in [6, 6.07) is 27.5. The number of para-hydroxylation sites is 1. The van der Waals surface area contributed by atoms with Gasteiger partial charge in [-0.25, -0.2) is 0 Å². The summed E-state index contributed by atoms with van der Waals surface area (Å²) >= 11 is 0. The van der Waals surface area contributed by atoms with Gasteiger partial charge in [0.25, 0.3) is 0 Å². The molecule has 4 unspecified atom stereocenters. The minimum atomic E-state index is -0.104. The molecule has 3 heteroatoms. The number of allylic oxidation sites excluding steroid dienone is 6. The van der Waals surface area contributed by atoms with Crippen LogP contribution in [0.5, 0.6) is 0 Å². The molecular formula is C46H49N3+2. The third-order valence-corrected chi connectivity index (χ3v) is 11.9. The number of aromatic nitrogens is 2. The van der Waals surface area contributed by atoms with E-state index in [0.29, 0.717) is 17.9 Å². The molecule has 1 N–H and O–H groups in total. The van der Waals surface area contributed by atoms with Crippen molar-refractivity contribution in [3.8, 4) is 11.3 Å². The Kier molecular flexibility index (Phi) is 7.90. The Morgan fingerprint density at radius 1 is 0.980 bits per heavy atom. The van der Waals surface area contributed by atoms with Crippen molar-refractivity contribution < 1.29 is 9.13 Å². The van der Waals surface area contributed by atoms with Crippen LogP contribution >= 0.6 is 0 Å². The van der Waals surface area contributed by atoms with Gasteiger partial charge in [0, 0.05) is 63.4 Å². The highest BCUT2D eigenvalue weighted by Crippen LogP contribution is 2.54. The molecule has 8 rings (SSSR count). The lowest BCUT2D eigenvalue weighted by molar-refractivity contribution is -0.726. The number of hydrogen-bond acceptors (Lipinski definition) is 1. The number of rotatable bonds is 7. The van der Waals surface area contributed by atoms with E-state index < -0.39 is 0 Å². The van der Waals surface area contributed by atoms with E-state index in [1.165, 1.54) is 67.2 Å². The molecule has 0 saturated carbocycles. The van der Waals surface area contributed by atoms with Crippen LogP contribution in [-0.4, -0.2) is 6.04 Å². The number of aryl methyl sites for hydroxylation is 1. The van der Waals surface area contributed by atoms with Gasteiger partial charge in [-0.2, -0.15) is 9.13 Å². The van der Waals surface area contributed by atoms with Crippen LogP contribution in [0, 0.1) is 12.3 Å². The van der Waals surface area contributed by atoms with Gasteiger partial charge in [0.15, 0.2) is 25.0 Å². The van der Waals surface area contributed by atoms with Crippen molar-refractivity contribution in [3.63, 3.8) is 0 Å². The van der Waals surface area contributed by atoms with Gasteiger partial charge < -0.3 is 5.32 Å². The first-order valence-corrected chi connectivity index (χ1v) is 18.2. The number of hydrogen-bond donors (Lipinski definition) is 1. The molecule has 4 aliphatic rings. The normalized spacial score (nSPS) is 25.0. The minimum Gasteiger partial charge on any atom is -0.380 e. The fourth-order valence-corrected chi connectivity index (χ4v) is 9.17. The van der Waals surface area contributed by atoms with Crippen molar-refractivity contribution in [2.45, 2.75) is 84.3 Å². The summed E-state index contributed by atoms with van der Waals surface area (Å²) in [7, 11) is 0. The number of fused-ring (bicyclic) bond motifs is 6. The maximum atomic E-state index is 4.88. The number of benzene rings is 2. The highest BCUT2D eigenvalue weighted by molar-refractivity contribution is 5.71. The highest BCUT2D eigenvalue weighted by atomic mass is 15.0. The number of nitrogens with one attached hydrogen (secondary N) is 1. The molecule has 0 bridgehead atoms. The molecule has 2 aliphatic heterocycles. The predicted octanol–water partition coefficient (Wildman–Crippen LogP) is 10.2. The van der Waals surface area contributed by atoms with Gasteiger partial charge in [0.05, 0.1) is 5.57 Å². The van der Waals surface area contributed by atoms with Crippen LogP contribution in [0.3, 0.4) is 0 Å². The van der Waals surface area contributed by atoms with Gasteiger partial charge in [-0.1, -0.05) is 99.7 Å². The van der Waals surface area contributed by atoms with Gasteiger partial charge in [-0.05, 0) is 74.1 Å². The molecule has 2 aliphatic carbocycles. The van der Waals surface area contributed by atoms with Crippen LogP contribution in [0.2, 0.25) is 0 Å². The highest BCUT2D eigenvalue weighted by Gasteiger charge is 2.48. The zero-order valence-electron chi connectivity index (χ0n) is 29.7. The van der Waals surface area contributed by atoms with E-state index in [-0.39, 0.29) is 11.5 Å². The smallest absolute Gasteiger partial charge is 0.213 e. The van der Waals surface area contributed by atoms with Crippen molar-refractivity contribution in [2.24, 2.45) is 5.41 Å². The number of pyridine rings is 2. The average Bonchev–Trinajstić information content (AvgIpc) is 3.60. The summed E-state index contributed by atoms with van der Waals surface area (Å²) in [6.07, 6.45) is 19.7. The van der Waals surface area contributed by atoms with E-state index in [1.807, 2.05) is 0 Å². The van der Waals surface area contributed by atoms with Crippen molar-refractivity contribution >= 4 is 16.8 Å². The van der Waals surface area contributed by atoms with Crippen LogP contribution in [0.25, 0.3) is 22.4 Å². The Labute approximate surface area is 292 Å². The molecule has 49 heavy (non-hydrogen) atoms. The lowest BCUT2D eigenvalue weighted by atomic mass is 9.76. The largest absolute Gasteiger partial charge is 0.380 e. The average molecular weight is 644 g/mol. The summed E-state index contributed by atoms with van der Waals surface area (Å²) in [6.45, 7) is 17.3. The van der Waals surface area contributed by atoms with Crippen molar-refractivity contribution in [2.75, 3.05) is 5.32 Å². The zero-order valence-corrected chi connectivity index (χ0v) is 29.7. The van der Waals surface area contributed by atoms with E-state index in [1.54, 1.807) is 0 Å². The topological polar surface area (TPSA) is 19.8 Å². The molecule has 246 valence electrons. The monoisotopic (exact) mass is 643 g/mol. The maximum absolute atomic E-state index is 4.88. The van der Waals surface area contributed by atoms with Crippen LogP contribution in [-0.2, 0) is 6.54 Å². The molecule has 2 aromatic carbocycles. The Balaban J connectivity index is 1.21. The first kappa shape index (κ1) is 31.5. The Hall–Kier alpha value is -4.76. The lowest BCUT2D eigenvalue weighted by Gasteiger charge is -2.32. The van der Waals surface area contributed by atoms with E-state index in [2.05, 4.69) is 165 Å². The fraction of sp³-hybridized carbons (Fsp3) is 0.304. The molecule has 4 aromatic rings. The predicted molar refractivity (Wildman–Crippen MR) is 203 cm³/mol. The van der Waals surface area contributed by atoms with Crippen molar-refractivity contribution in [3.05, 3.63) is 161 Å². The maximum Gasteiger partial charge on any atom is 0.213 e. The Morgan fingerprint density at radius 2 is 1.78 bits per heavy atom. The number of nitrogens with zero attached hydrogens (tertiary/aromatic N) is 2. The van der Waals surface area contributed by atoms with E-state index in [9.17, 15) is 0 Å². The van der Waals surface area contributed by atoms with Gasteiger partial charge in [0.1, 0.15) is 0 Å². The molecule has 2 aromatic heterocycles. The zero-order chi connectivity index (χ0) is 33.9. The van der Waals surface area contributed by atoms with E-state index in [4.69, 9.17) is 6.58 Å². The van der Waals surface area contributed by atoms with Crippen molar-refractivity contribution in [1.29, 1.82) is 0 Å². The summed E-state index contributed by atoms with van der Waals surface area (Å²) in [5.74, 6) is 0.701. The first-order chi connectivity index (χ1) is 23.8. The molecule has 0 radical (unpaired) electrons. The summed E-state index contributed by atoms with van der Waals surface area (Å²) in [4.78, 5) is 0. The quantitative estimate of drug-likeness (QED) is 0.157. The van der Waals surface area contributed by atoms with Crippen LogP contribution in [0.4, 0.5) is 5.69 Å². The fourth-order valence-electron chi connectivity index (χ4n) is 9.17. The van der Waals surface area contributed by atoms with Crippen LogP contribution in [0.1, 0.15) is 92.8 Å². The Morgan fingerprint density at radius 3 is 2.57 bits per heavy atom. The molecule has 0 spiro atoms. The lowest BCUT2D eigenvalue weighted by Crippen LogP contribution is -2.50. The van der Waals surface area contributed by atoms with Gasteiger partial charge >= 0.3 is 0 Å². The SMILES string of the molecule is C=C(C[n+]1cc(C2=CC=CCC2)ccc1/C(=C/[C@]1(C)C(C)=CC2c3ccccc3NC21)CC)C1C(C)c2ccccc2-c2ccc(C)c[n+]21. The van der Waals surface area contributed by atoms with Crippen molar-refractivity contribution in [1.82, 2.24) is 0 Å². The minimum absolute atomic E-state index is 0.104. The van der Waals surface area contributed by atoms with Gasteiger partial charge in [0.2, 0.25) is 11.4 Å². The van der Waals surface area contributed by atoms with Crippen LogP contribution < -0.4 is 14.5 Å². The molecular weight excluding hydrogens is 595 g/mol. The molecule has 5 atom stereocenters. The second-order valence-electron chi connectivity index (χ2n) is 15.0. The molecule has 0 saturated heterocycles. The van der Waals surface area contributed by atoms with Gasteiger partial charge in [-0.3, -0.25) is 0 Å². The third-order valence-electron chi connectivity index (χ3n) is 11.9. The molecule has 0 fully saturated rings. The first-order valence-electron chi connectivity index (χ1n) is 18.2. The van der Waals surface area contributed by atoms with Crippen LogP contribution in [0.15, 0.2) is 133 Å². The second-order valence-corrected chi connectivity index (χ2v) is 15.0. The van der Waals surface area contributed by atoms with E-state index >= 15 is 0 Å². The van der Waals surface area contributed by atoms with E-state index in [0.717, 1.165) is 25.8 Å². The Bertz CT molecular complexity index is 2110. The summed E-state index contributed by atoms with van der Waals surface area (Å²) in [5.41, 5.74) is 15.9. The molecule has 3 nitrogen and oxygen atoms in total. The molecule has 0 amide bonds. The molecule has 4 heterocycles. The third kappa shape index (κ3) is 5.26. The number of anilines is 1. The summed E-state index contributed by atoms with van der Waals surface area (Å²) < 4.78 is 5.01.